The number of thioether (sulfide) groups is 1. The summed E-state index contributed by atoms with van der Waals surface area (Å²) in [5, 5.41) is -0.447. The van der Waals surface area contributed by atoms with Crippen molar-refractivity contribution < 1.29 is 19.1 Å². The van der Waals surface area contributed by atoms with Crippen LogP contribution in [0.1, 0.15) is 22.8 Å². The van der Waals surface area contributed by atoms with Gasteiger partial charge in [0.05, 0.1) is 18.1 Å². The van der Waals surface area contributed by atoms with Gasteiger partial charge in [0.1, 0.15) is 5.75 Å². The van der Waals surface area contributed by atoms with E-state index in [1.54, 1.807) is 36.4 Å². The van der Waals surface area contributed by atoms with Gasteiger partial charge in [0, 0.05) is 10.0 Å². The smallest absolute Gasteiger partial charge is 0.293 e. The number of ketones is 1. The van der Waals surface area contributed by atoms with Crippen LogP contribution in [0.25, 0.3) is 6.08 Å². The number of hydrogen-bond donors (Lipinski definition) is 0. The maximum Gasteiger partial charge on any atom is 0.293 e. The second-order valence-electron chi connectivity index (χ2n) is 5.70. The van der Waals surface area contributed by atoms with Gasteiger partial charge < -0.3 is 4.74 Å². The molecule has 1 saturated heterocycles. The molecule has 0 spiro atoms. The molecule has 3 rings (SSSR count). The molecular weight excluding hydrogens is 430 g/mol. The maximum atomic E-state index is 12.6. The van der Waals surface area contributed by atoms with Crippen molar-refractivity contribution >= 4 is 50.7 Å². The molecule has 27 heavy (non-hydrogen) atoms. The lowest BCUT2D eigenvalue weighted by atomic mass is 10.1. The summed E-state index contributed by atoms with van der Waals surface area (Å²) in [5.74, 6) is -0.0578. The number of imide groups is 1. The topological polar surface area (TPSA) is 63.7 Å². The summed E-state index contributed by atoms with van der Waals surface area (Å²) in [6, 6.07) is 14.1. The van der Waals surface area contributed by atoms with Gasteiger partial charge in [-0.2, -0.15) is 0 Å². The van der Waals surface area contributed by atoms with Crippen molar-refractivity contribution in [2.45, 2.75) is 6.92 Å². The highest BCUT2D eigenvalue weighted by Gasteiger charge is 2.36. The molecular formula is C20H16BrNO4S. The van der Waals surface area contributed by atoms with Crippen molar-refractivity contribution in [1.29, 1.82) is 0 Å². The lowest BCUT2D eigenvalue weighted by Gasteiger charge is -2.11. The van der Waals surface area contributed by atoms with Crippen LogP contribution in [-0.4, -0.2) is 35.0 Å². The summed E-state index contributed by atoms with van der Waals surface area (Å²) in [5.41, 5.74) is 1.20. The van der Waals surface area contributed by atoms with Crippen LogP contribution in [0.15, 0.2) is 57.9 Å². The Morgan fingerprint density at radius 2 is 1.93 bits per heavy atom. The molecule has 0 bridgehead atoms. The van der Waals surface area contributed by atoms with E-state index in [1.165, 1.54) is 0 Å². The highest BCUT2D eigenvalue weighted by molar-refractivity contribution is 9.10. The Morgan fingerprint density at radius 3 is 2.63 bits per heavy atom. The lowest BCUT2D eigenvalue weighted by Crippen LogP contribution is -2.33. The second-order valence-corrected chi connectivity index (χ2v) is 7.61. The molecule has 0 aliphatic carbocycles. The van der Waals surface area contributed by atoms with Gasteiger partial charge in [0.25, 0.3) is 11.1 Å². The van der Waals surface area contributed by atoms with Gasteiger partial charge in [-0.25, -0.2) is 0 Å². The van der Waals surface area contributed by atoms with Gasteiger partial charge in [-0.1, -0.05) is 40.2 Å². The third-order valence-corrected chi connectivity index (χ3v) is 5.24. The number of carbonyl (C=O) groups excluding carboxylic acids is 3. The van der Waals surface area contributed by atoms with E-state index in [9.17, 15) is 14.4 Å². The van der Waals surface area contributed by atoms with E-state index in [4.69, 9.17) is 4.74 Å². The number of ether oxygens (including phenoxy) is 1. The fraction of sp³-hybridized carbons (Fsp3) is 0.150. The summed E-state index contributed by atoms with van der Waals surface area (Å²) >= 11 is 4.14. The molecule has 2 aromatic rings. The van der Waals surface area contributed by atoms with Crippen LogP contribution in [0.4, 0.5) is 4.79 Å². The van der Waals surface area contributed by atoms with Crippen molar-refractivity contribution in [1.82, 2.24) is 4.90 Å². The predicted octanol–water partition coefficient (Wildman–Crippen LogP) is 4.77. The van der Waals surface area contributed by atoms with Crippen molar-refractivity contribution in [2.75, 3.05) is 13.2 Å². The summed E-state index contributed by atoms with van der Waals surface area (Å²) < 4.78 is 6.29. The van der Waals surface area contributed by atoms with Gasteiger partial charge in [-0.15, -0.1) is 0 Å². The standard InChI is InChI=1S/C20H16BrNO4S/c1-2-26-16-5-3-4-13(10-16)11-18-19(24)22(20(25)27-18)12-17(23)14-6-8-15(21)9-7-14/h3-11H,2,12H2,1H3/b18-11-. The fourth-order valence-corrected chi connectivity index (χ4v) is 3.62. The average Bonchev–Trinajstić information content (AvgIpc) is 2.90. The molecule has 1 aliphatic rings. The Kier molecular flexibility index (Phi) is 6.13. The van der Waals surface area contributed by atoms with Gasteiger partial charge in [-0.05, 0) is 54.6 Å². The Bertz CT molecular complexity index is 924. The van der Waals surface area contributed by atoms with Crippen LogP contribution in [0.2, 0.25) is 0 Å². The molecule has 5 nitrogen and oxygen atoms in total. The number of hydrogen-bond acceptors (Lipinski definition) is 5. The first-order valence-corrected chi connectivity index (χ1v) is 9.86. The zero-order chi connectivity index (χ0) is 19.4. The second kappa shape index (κ2) is 8.54. The third kappa shape index (κ3) is 4.67. The molecule has 7 heteroatoms. The summed E-state index contributed by atoms with van der Waals surface area (Å²) in [6.07, 6.45) is 1.64. The highest BCUT2D eigenvalue weighted by Crippen LogP contribution is 2.32. The minimum atomic E-state index is -0.461. The number of carbonyl (C=O) groups is 3. The van der Waals surface area contributed by atoms with Crippen LogP contribution in [0.3, 0.4) is 0 Å². The Labute approximate surface area is 169 Å². The minimum Gasteiger partial charge on any atom is -0.494 e. The van der Waals surface area contributed by atoms with Gasteiger partial charge in [0.2, 0.25) is 0 Å². The average molecular weight is 446 g/mol. The molecule has 0 N–H and O–H groups in total. The number of amides is 2. The van der Waals surface area contributed by atoms with Crippen LogP contribution >= 0.6 is 27.7 Å². The molecule has 0 unspecified atom stereocenters. The predicted molar refractivity (Wildman–Crippen MR) is 109 cm³/mol. The number of rotatable bonds is 6. The van der Waals surface area contributed by atoms with Crippen molar-refractivity contribution in [3.05, 3.63) is 69.0 Å². The molecule has 0 saturated carbocycles. The minimum absolute atomic E-state index is 0.275. The van der Waals surface area contributed by atoms with E-state index < -0.39 is 11.1 Å². The molecule has 0 radical (unpaired) electrons. The Hall–Kier alpha value is -2.38. The summed E-state index contributed by atoms with van der Waals surface area (Å²) in [6.45, 7) is 2.15. The first-order chi connectivity index (χ1) is 13.0. The first-order valence-electron chi connectivity index (χ1n) is 8.25. The van der Waals surface area contributed by atoms with Gasteiger partial charge >= 0.3 is 0 Å². The van der Waals surface area contributed by atoms with Crippen molar-refractivity contribution in [3.63, 3.8) is 0 Å². The van der Waals surface area contributed by atoms with E-state index >= 15 is 0 Å². The van der Waals surface area contributed by atoms with E-state index in [0.717, 1.165) is 26.7 Å². The zero-order valence-corrected chi connectivity index (χ0v) is 16.9. The SMILES string of the molecule is CCOc1cccc(/C=C2\SC(=O)N(CC(=O)c3ccc(Br)cc3)C2=O)c1. The van der Waals surface area contributed by atoms with Gasteiger partial charge in [-0.3, -0.25) is 19.3 Å². The number of halogens is 1. The van der Waals surface area contributed by atoms with Crippen LogP contribution in [0.5, 0.6) is 5.75 Å². The molecule has 2 aromatic carbocycles. The first kappa shape index (κ1) is 19.4. The molecule has 2 amide bonds. The lowest BCUT2D eigenvalue weighted by molar-refractivity contribution is -0.122. The fourth-order valence-electron chi connectivity index (χ4n) is 2.52. The molecule has 1 fully saturated rings. The van der Waals surface area contributed by atoms with Gasteiger partial charge in [0.15, 0.2) is 5.78 Å². The Balaban J connectivity index is 1.75. The number of Topliss-reactive ketones (excluding diaryl/α,β-unsaturated/α-hetero) is 1. The normalized spacial score (nSPS) is 15.5. The highest BCUT2D eigenvalue weighted by atomic mass is 79.9. The van der Waals surface area contributed by atoms with Crippen LogP contribution in [-0.2, 0) is 4.79 Å². The van der Waals surface area contributed by atoms with Crippen LogP contribution < -0.4 is 4.74 Å². The largest absolute Gasteiger partial charge is 0.494 e. The van der Waals surface area contributed by atoms with E-state index in [-0.39, 0.29) is 17.2 Å². The van der Waals surface area contributed by atoms with E-state index in [2.05, 4.69) is 15.9 Å². The molecule has 0 atom stereocenters. The van der Waals surface area contributed by atoms with Crippen LogP contribution in [0, 0.1) is 0 Å². The molecule has 138 valence electrons. The zero-order valence-electron chi connectivity index (χ0n) is 14.5. The number of nitrogens with zero attached hydrogens (tertiary/aromatic N) is 1. The van der Waals surface area contributed by atoms with E-state index in [1.807, 2.05) is 25.1 Å². The van der Waals surface area contributed by atoms with E-state index in [0.29, 0.717) is 17.9 Å². The molecule has 1 aliphatic heterocycles. The van der Waals surface area contributed by atoms with Crippen molar-refractivity contribution in [3.8, 4) is 5.75 Å². The van der Waals surface area contributed by atoms with Crippen molar-refractivity contribution in [2.24, 2.45) is 0 Å². The maximum absolute atomic E-state index is 12.6. The Morgan fingerprint density at radius 1 is 1.19 bits per heavy atom. The number of benzene rings is 2. The molecule has 1 heterocycles. The summed E-state index contributed by atoms with van der Waals surface area (Å²) in [4.78, 5) is 38.4. The monoisotopic (exact) mass is 445 g/mol. The quantitative estimate of drug-likeness (QED) is 0.473. The molecule has 0 aromatic heterocycles. The third-order valence-electron chi connectivity index (χ3n) is 3.81. The summed E-state index contributed by atoms with van der Waals surface area (Å²) in [7, 11) is 0.